The summed E-state index contributed by atoms with van der Waals surface area (Å²) >= 11 is 1.57. The molecule has 0 bridgehead atoms. The summed E-state index contributed by atoms with van der Waals surface area (Å²) in [5.41, 5.74) is 1.70. The summed E-state index contributed by atoms with van der Waals surface area (Å²) < 4.78 is 14.7. The normalized spacial score (nSPS) is 10.8. The lowest BCUT2D eigenvalue weighted by molar-refractivity contribution is 0.0949. The van der Waals surface area contributed by atoms with Crippen molar-refractivity contribution in [3.05, 3.63) is 72.2 Å². The topological polar surface area (TPSA) is 72.7 Å². The Labute approximate surface area is 167 Å². The number of nitrogens with zero attached hydrogens (tertiary/aromatic N) is 4. The molecule has 0 unspecified atom stereocenters. The maximum absolute atomic E-state index is 12.9. The standard InChI is InChI=1S/C20H22FN5OS/c21-17-8-6-16(7-9-17)4-2-13-28-20-18(5-1-10-24-20)19(27)23-11-3-12-26-15-22-14-25-26/h1,5-10,14-15H,2-4,11-13H2,(H,23,27). The highest BCUT2D eigenvalue weighted by Crippen LogP contribution is 2.21. The molecule has 3 aromatic rings. The van der Waals surface area contributed by atoms with Crippen LogP contribution < -0.4 is 5.32 Å². The van der Waals surface area contributed by atoms with E-state index in [9.17, 15) is 9.18 Å². The molecule has 0 saturated heterocycles. The van der Waals surface area contributed by atoms with Gasteiger partial charge in [0.05, 0.1) is 5.56 Å². The fourth-order valence-electron chi connectivity index (χ4n) is 2.66. The maximum Gasteiger partial charge on any atom is 0.254 e. The minimum absolute atomic E-state index is 0.118. The van der Waals surface area contributed by atoms with Crippen LogP contribution in [0.1, 0.15) is 28.8 Å². The molecule has 1 N–H and O–H groups in total. The van der Waals surface area contributed by atoms with Crippen LogP contribution in [0.2, 0.25) is 0 Å². The molecule has 0 spiro atoms. The van der Waals surface area contributed by atoms with Crippen molar-refractivity contribution in [2.45, 2.75) is 30.8 Å². The highest BCUT2D eigenvalue weighted by molar-refractivity contribution is 7.99. The number of aryl methyl sites for hydroxylation is 2. The molecule has 3 rings (SSSR count). The van der Waals surface area contributed by atoms with Crippen LogP contribution in [0.4, 0.5) is 4.39 Å². The predicted molar refractivity (Wildman–Crippen MR) is 107 cm³/mol. The molecular formula is C20H22FN5OS. The van der Waals surface area contributed by atoms with Crippen LogP contribution in [0.5, 0.6) is 0 Å². The summed E-state index contributed by atoms with van der Waals surface area (Å²) in [5.74, 6) is 0.498. The summed E-state index contributed by atoms with van der Waals surface area (Å²) in [6.45, 7) is 1.26. The van der Waals surface area contributed by atoms with Crippen LogP contribution in [-0.2, 0) is 13.0 Å². The minimum Gasteiger partial charge on any atom is -0.352 e. The van der Waals surface area contributed by atoms with Gasteiger partial charge in [-0.1, -0.05) is 12.1 Å². The average Bonchev–Trinajstić information content (AvgIpc) is 3.23. The Hall–Kier alpha value is -2.74. The first-order valence-electron chi connectivity index (χ1n) is 9.15. The monoisotopic (exact) mass is 399 g/mol. The molecule has 0 aliphatic heterocycles. The Morgan fingerprint density at radius 3 is 2.82 bits per heavy atom. The number of hydrogen-bond acceptors (Lipinski definition) is 5. The van der Waals surface area contributed by atoms with Gasteiger partial charge in [-0.05, 0) is 54.8 Å². The van der Waals surface area contributed by atoms with E-state index < -0.39 is 0 Å². The second-order valence-corrected chi connectivity index (χ2v) is 7.29. The lowest BCUT2D eigenvalue weighted by atomic mass is 10.1. The number of hydrogen-bond donors (Lipinski definition) is 1. The number of rotatable bonds is 10. The summed E-state index contributed by atoms with van der Waals surface area (Å²) in [4.78, 5) is 20.7. The number of amides is 1. The Morgan fingerprint density at radius 1 is 1.18 bits per heavy atom. The number of carbonyl (C=O) groups excluding carboxylic acids is 1. The zero-order chi connectivity index (χ0) is 19.6. The first-order chi connectivity index (χ1) is 13.7. The van der Waals surface area contributed by atoms with E-state index >= 15 is 0 Å². The van der Waals surface area contributed by atoms with Crippen molar-refractivity contribution in [3.8, 4) is 0 Å². The van der Waals surface area contributed by atoms with Crippen LogP contribution >= 0.6 is 11.8 Å². The molecular weight excluding hydrogens is 377 g/mol. The first kappa shape index (κ1) is 20.0. The van der Waals surface area contributed by atoms with Gasteiger partial charge in [0, 0.05) is 19.3 Å². The van der Waals surface area contributed by atoms with E-state index in [-0.39, 0.29) is 11.7 Å². The number of benzene rings is 1. The van der Waals surface area contributed by atoms with Crippen molar-refractivity contribution in [2.75, 3.05) is 12.3 Å². The van der Waals surface area contributed by atoms with Gasteiger partial charge in [-0.15, -0.1) is 11.8 Å². The summed E-state index contributed by atoms with van der Waals surface area (Å²) in [7, 11) is 0. The van der Waals surface area contributed by atoms with E-state index in [1.165, 1.54) is 18.5 Å². The van der Waals surface area contributed by atoms with E-state index in [0.29, 0.717) is 18.7 Å². The molecule has 0 aliphatic carbocycles. The summed E-state index contributed by atoms with van der Waals surface area (Å²) in [6, 6.07) is 10.1. The van der Waals surface area contributed by atoms with E-state index in [1.807, 2.05) is 0 Å². The second kappa shape index (κ2) is 10.6. The van der Waals surface area contributed by atoms with Crippen molar-refractivity contribution in [2.24, 2.45) is 0 Å². The predicted octanol–water partition coefficient (Wildman–Crippen LogP) is 3.36. The highest BCUT2D eigenvalue weighted by atomic mass is 32.2. The molecule has 0 fully saturated rings. The van der Waals surface area contributed by atoms with E-state index in [1.54, 1.807) is 53.2 Å². The van der Waals surface area contributed by atoms with E-state index in [2.05, 4.69) is 20.4 Å². The van der Waals surface area contributed by atoms with Crippen molar-refractivity contribution in [3.63, 3.8) is 0 Å². The average molecular weight is 399 g/mol. The third kappa shape index (κ3) is 6.16. The largest absolute Gasteiger partial charge is 0.352 e. The number of pyridine rings is 1. The molecule has 0 radical (unpaired) electrons. The molecule has 1 amide bonds. The lowest BCUT2D eigenvalue weighted by Gasteiger charge is -2.09. The van der Waals surface area contributed by atoms with Gasteiger partial charge < -0.3 is 5.32 Å². The molecule has 8 heteroatoms. The Morgan fingerprint density at radius 2 is 2.04 bits per heavy atom. The van der Waals surface area contributed by atoms with Gasteiger partial charge in [0.15, 0.2) is 0 Å². The number of aromatic nitrogens is 4. The fraction of sp³-hybridized carbons (Fsp3) is 0.300. The maximum atomic E-state index is 12.9. The molecule has 2 heterocycles. The Balaban J connectivity index is 1.43. The second-order valence-electron chi connectivity index (χ2n) is 6.20. The third-order valence-corrected chi connectivity index (χ3v) is 5.19. The number of carbonyl (C=O) groups is 1. The quantitative estimate of drug-likeness (QED) is 0.418. The van der Waals surface area contributed by atoms with Gasteiger partial charge in [-0.25, -0.2) is 14.4 Å². The van der Waals surface area contributed by atoms with Crippen LogP contribution in [0.25, 0.3) is 0 Å². The number of thioether (sulfide) groups is 1. The van der Waals surface area contributed by atoms with Gasteiger partial charge in [0.2, 0.25) is 0 Å². The van der Waals surface area contributed by atoms with Gasteiger partial charge in [0.1, 0.15) is 23.5 Å². The molecule has 28 heavy (non-hydrogen) atoms. The summed E-state index contributed by atoms with van der Waals surface area (Å²) in [5, 5.41) is 7.70. The molecule has 0 aliphatic rings. The van der Waals surface area contributed by atoms with Gasteiger partial charge in [-0.3, -0.25) is 9.48 Å². The Bertz CT molecular complexity index is 871. The van der Waals surface area contributed by atoms with Gasteiger partial charge >= 0.3 is 0 Å². The van der Waals surface area contributed by atoms with Crippen molar-refractivity contribution >= 4 is 17.7 Å². The van der Waals surface area contributed by atoms with Crippen LogP contribution in [0, 0.1) is 5.82 Å². The van der Waals surface area contributed by atoms with Crippen LogP contribution in [-0.4, -0.2) is 38.0 Å². The number of halogens is 1. The van der Waals surface area contributed by atoms with Crippen molar-refractivity contribution < 1.29 is 9.18 Å². The van der Waals surface area contributed by atoms with Crippen LogP contribution in [0.3, 0.4) is 0 Å². The molecule has 6 nitrogen and oxygen atoms in total. The van der Waals surface area contributed by atoms with Crippen molar-refractivity contribution in [1.82, 2.24) is 25.1 Å². The highest BCUT2D eigenvalue weighted by Gasteiger charge is 2.12. The third-order valence-electron chi connectivity index (χ3n) is 4.09. The van der Waals surface area contributed by atoms with E-state index in [0.717, 1.165) is 35.6 Å². The zero-order valence-electron chi connectivity index (χ0n) is 15.4. The molecule has 2 aromatic heterocycles. The SMILES string of the molecule is O=C(NCCCn1cncn1)c1cccnc1SCCCc1ccc(F)cc1. The van der Waals surface area contributed by atoms with Crippen LogP contribution in [0.15, 0.2) is 60.3 Å². The van der Waals surface area contributed by atoms with Crippen molar-refractivity contribution in [1.29, 1.82) is 0 Å². The van der Waals surface area contributed by atoms with Gasteiger partial charge in [-0.2, -0.15) is 5.10 Å². The zero-order valence-corrected chi connectivity index (χ0v) is 16.2. The first-order valence-corrected chi connectivity index (χ1v) is 10.1. The summed E-state index contributed by atoms with van der Waals surface area (Å²) in [6.07, 6.45) is 7.41. The van der Waals surface area contributed by atoms with Gasteiger partial charge in [0.25, 0.3) is 5.91 Å². The molecule has 0 atom stereocenters. The smallest absolute Gasteiger partial charge is 0.254 e. The number of nitrogens with one attached hydrogen (secondary N) is 1. The minimum atomic E-state index is -0.219. The molecule has 0 saturated carbocycles. The Kier molecular flexibility index (Phi) is 7.54. The lowest BCUT2D eigenvalue weighted by Crippen LogP contribution is -2.26. The molecule has 146 valence electrons. The fourth-order valence-corrected chi connectivity index (χ4v) is 3.59. The van der Waals surface area contributed by atoms with E-state index in [4.69, 9.17) is 0 Å². The molecule has 1 aromatic carbocycles.